The van der Waals surface area contributed by atoms with Crippen LogP contribution in [0, 0.1) is 0 Å². The molecule has 4 nitrogen and oxygen atoms in total. The molecular formula is C14H26N2O2. The molecule has 2 aliphatic heterocycles. The Kier molecular flexibility index (Phi) is 5.01. The van der Waals surface area contributed by atoms with Gasteiger partial charge in [0.05, 0.1) is 12.5 Å². The monoisotopic (exact) mass is 254 g/mol. The molecular weight excluding hydrogens is 228 g/mol. The second-order valence-corrected chi connectivity index (χ2v) is 5.70. The third-order valence-corrected chi connectivity index (χ3v) is 4.15. The number of rotatable bonds is 3. The van der Waals surface area contributed by atoms with Crippen LogP contribution in [0.2, 0.25) is 0 Å². The molecule has 0 aromatic heterocycles. The van der Waals surface area contributed by atoms with Crippen LogP contribution in [0.4, 0.5) is 0 Å². The van der Waals surface area contributed by atoms with Crippen molar-refractivity contribution >= 4 is 5.91 Å². The van der Waals surface area contributed by atoms with Gasteiger partial charge in [0.15, 0.2) is 0 Å². The summed E-state index contributed by atoms with van der Waals surface area (Å²) in [6.07, 6.45) is 7.39. The Balaban J connectivity index is 1.89. The average molecular weight is 254 g/mol. The van der Waals surface area contributed by atoms with Crippen LogP contribution in [-0.2, 0) is 9.53 Å². The summed E-state index contributed by atoms with van der Waals surface area (Å²) in [5.41, 5.74) is 6.00. The normalized spacial score (nSPS) is 31.1. The molecule has 0 aromatic rings. The van der Waals surface area contributed by atoms with E-state index in [2.05, 4.69) is 0 Å². The summed E-state index contributed by atoms with van der Waals surface area (Å²) in [7, 11) is 0. The van der Waals surface area contributed by atoms with Crippen molar-refractivity contribution in [3.8, 4) is 0 Å². The van der Waals surface area contributed by atoms with Gasteiger partial charge in [0.25, 0.3) is 0 Å². The van der Waals surface area contributed by atoms with Crippen molar-refractivity contribution in [2.75, 3.05) is 13.2 Å². The van der Waals surface area contributed by atoms with Crippen molar-refractivity contribution in [3.63, 3.8) is 0 Å². The first-order valence-electron chi connectivity index (χ1n) is 7.35. The summed E-state index contributed by atoms with van der Waals surface area (Å²) in [4.78, 5) is 14.4. The predicted molar refractivity (Wildman–Crippen MR) is 71.2 cm³/mol. The highest BCUT2D eigenvalue weighted by molar-refractivity contribution is 5.77. The molecule has 0 saturated carbocycles. The third kappa shape index (κ3) is 3.45. The molecule has 1 amide bonds. The molecule has 3 unspecified atom stereocenters. The zero-order valence-electron chi connectivity index (χ0n) is 11.4. The van der Waals surface area contributed by atoms with E-state index in [1.165, 1.54) is 12.8 Å². The number of amides is 1. The molecule has 0 aromatic carbocycles. The molecule has 0 bridgehead atoms. The highest BCUT2D eigenvalue weighted by Crippen LogP contribution is 2.22. The fraction of sp³-hybridized carbons (Fsp3) is 0.929. The lowest BCUT2D eigenvalue weighted by molar-refractivity contribution is -0.139. The Morgan fingerprint density at radius 3 is 2.78 bits per heavy atom. The lowest BCUT2D eigenvalue weighted by atomic mass is 9.95. The smallest absolute Gasteiger partial charge is 0.225 e. The van der Waals surface area contributed by atoms with Gasteiger partial charge < -0.3 is 15.4 Å². The van der Waals surface area contributed by atoms with Crippen LogP contribution in [0.1, 0.15) is 51.9 Å². The Labute approximate surface area is 110 Å². The fourth-order valence-corrected chi connectivity index (χ4v) is 3.09. The highest BCUT2D eigenvalue weighted by atomic mass is 16.5. The minimum absolute atomic E-state index is 0.0709. The van der Waals surface area contributed by atoms with Crippen molar-refractivity contribution in [3.05, 3.63) is 0 Å². The maximum absolute atomic E-state index is 12.4. The van der Waals surface area contributed by atoms with Crippen LogP contribution >= 0.6 is 0 Å². The Morgan fingerprint density at radius 1 is 1.33 bits per heavy atom. The SMILES string of the molecule is CC(N)C1CCCCN1C(=O)CC1CCCCO1. The molecule has 2 aliphatic rings. The van der Waals surface area contributed by atoms with Gasteiger partial charge in [-0.15, -0.1) is 0 Å². The standard InChI is InChI=1S/C14H26N2O2/c1-11(15)13-7-2-4-8-16(13)14(17)10-12-6-3-5-9-18-12/h11-13H,2-10,15H2,1H3. The van der Waals surface area contributed by atoms with Crippen LogP contribution in [0.15, 0.2) is 0 Å². The van der Waals surface area contributed by atoms with Gasteiger partial charge >= 0.3 is 0 Å². The minimum atomic E-state index is 0.0709. The fourth-order valence-electron chi connectivity index (χ4n) is 3.09. The van der Waals surface area contributed by atoms with Crippen molar-refractivity contribution in [1.29, 1.82) is 0 Å². The lowest BCUT2D eigenvalue weighted by Gasteiger charge is -2.39. The molecule has 104 valence electrons. The first-order chi connectivity index (χ1) is 8.68. The number of ether oxygens (including phenoxy) is 1. The minimum Gasteiger partial charge on any atom is -0.378 e. The Hall–Kier alpha value is -0.610. The van der Waals surface area contributed by atoms with Crippen LogP contribution in [0.5, 0.6) is 0 Å². The second-order valence-electron chi connectivity index (χ2n) is 5.70. The lowest BCUT2D eigenvalue weighted by Crippen LogP contribution is -2.52. The molecule has 18 heavy (non-hydrogen) atoms. The van der Waals surface area contributed by atoms with E-state index in [1.807, 2.05) is 11.8 Å². The predicted octanol–water partition coefficient (Wildman–Crippen LogP) is 1.67. The maximum atomic E-state index is 12.4. The molecule has 2 fully saturated rings. The van der Waals surface area contributed by atoms with E-state index < -0.39 is 0 Å². The quantitative estimate of drug-likeness (QED) is 0.833. The van der Waals surface area contributed by atoms with Crippen LogP contribution < -0.4 is 5.73 Å². The van der Waals surface area contributed by atoms with Gasteiger partial charge in [0.1, 0.15) is 0 Å². The molecule has 4 heteroatoms. The van der Waals surface area contributed by atoms with Crippen molar-refractivity contribution in [2.24, 2.45) is 5.73 Å². The van der Waals surface area contributed by atoms with Crippen LogP contribution in [0.25, 0.3) is 0 Å². The Bertz CT molecular complexity index is 275. The second kappa shape index (κ2) is 6.53. The van der Waals surface area contributed by atoms with E-state index >= 15 is 0 Å². The number of carbonyl (C=O) groups excluding carboxylic acids is 1. The number of nitrogens with two attached hydrogens (primary N) is 1. The summed E-state index contributed by atoms with van der Waals surface area (Å²) < 4.78 is 5.66. The van der Waals surface area contributed by atoms with E-state index in [9.17, 15) is 4.79 Å². The average Bonchev–Trinajstić information content (AvgIpc) is 2.40. The van der Waals surface area contributed by atoms with Crippen molar-refractivity contribution < 1.29 is 9.53 Å². The van der Waals surface area contributed by atoms with Crippen LogP contribution in [0.3, 0.4) is 0 Å². The summed E-state index contributed by atoms with van der Waals surface area (Å²) >= 11 is 0. The maximum Gasteiger partial charge on any atom is 0.225 e. The number of likely N-dealkylation sites (tertiary alicyclic amines) is 1. The first kappa shape index (κ1) is 13.8. The molecule has 0 aliphatic carbocycles. The van der Waals surface area contributed by atoms with Gasteiger partial charge in [-0.2, -0.15) is 0 Å². The number of hydrogen-bond acceptors (Lipinski definition) is 3. The zero-order valence-corrected chi connectivity index (χ0v) is 11.4. The number of carbonyl (C=O) groups is 1. The number of nitrogens with zero attached hydrogens (tertiary/aromatic N) is 1. The van der Waals surface area contributed by atoms with Gasteiger partial charge in [-0.05, 0) is 45.4 Å². The summed E-state index contributed by atoms with van der Waals surface area (Å²) in [5.74, 6) is 0.240. The van der Waals surface area contributed by atoms with E-state index in [4.69, 9.17) is 10.5 Å². The van der Waals surface area contributed by atoms with E-state index in [0.717, 1.165) is 38.8 Å². The van der Waals surface area contributed by atoms with Gasteiger partial charge in [0.2, 0.25) is 5.91 Å². The van der Waals surface area contributed by atoms with E-state index in [-0.39, 0.29) is 24.1 Å². The van der Waals surface area contributed by atoms with Crippen LogP contribution in [-0.4, -0.2) is 42.1 Å². The zero-order chi connectivity index (χ0) is 13.0. The molecule has 2 heterocycles. The summed E-state index contributed by atoms with van der Waals surface area (Å²) in [5, 5.41) is 0. The number of piperidine rings is 1. The van der Waals surface area contributed by atoms with Gasteiger partial charge in [-0.1, -0.05) is 0 Å². The van der Waals surface area contributed by atoms with Crippen molar-refractivity contribution in [2.45, 2.75) is 70.1 Å². The van der Waals surface area contributed by atoms with Gasteiger partial charge in [-0.3, -0.25) is 4.79 Å². The summed E-state index contributed by atoms with van der Waals surface area (Å²) in [6, 6.07) is 0.302. The van der Waals surface area contributed by atoms with Gasteiger partial charge in [0, 0.05) is 25.2 Å². The van der Waals surface area contributed by atoms with E-state index in [0.29, 0.717) is 6.42 Å². The molecule has 2 rings (SSSR count). The molecule has 2 N–H and O–H groups in total. The molecule has 0 spiro atoms. The molecule has 0 radical (unpaired) electrons. The summed E-state index contributed by atoms with van der Waals surface area (Å²) in [6.45, 7) is 3.69. The molecule has 3 atom stereocenters. The van der Waals surface area contributed by atoms with E-state index in [1.54, 1.807) is 0 Å². The van der Waals surface area contributed by atoms with Crippen molar-refractivity contribution in [1.82, 2.24) is 4.90 Å². The Morgan fingerprint density at radius 2 is 2.11 bits per heavy atom. The topological polar surface area (TPSA) is 55.6 Å². The largest absolute Gasteiger partial charge is 0.378 e. The van der Waals surface area contributed by atoms with Gasteiger partial charge in [-0.25, -0.2) is 0 Å². The molecule has 2 saturated heterocycles. The number of hydrogen-bond donors (Lipinski definition) is 1. The first-order valence-corrected chi connectivity index (χ1v) is 7.35. The highest BCUT2D eigenvalue weighted by Gasteiger charge is 2.30. The third-order valence-electron chi connectivity index (χ3n) is 4.15.